The van der Waals surface area contributed by atoms with Gasteiger partial charge in [0, 0.05) is 11.1 Å². The Morgan fingerprint density at radius 2 is 1.87 bits per heavy atom. The molecule has 4 N–H and O–H groups in total. The Labute approximate surface area is 168 Å². The number of aliphatic hydroxyl groups excluding tert-OH is 2. The zero-order valence-corrected chi connectivity index (χ0v) is 15.7. The summed E-state index contributed by atoms with van der Waals surface area (Å²) in [5.74, 6) is 0.747. The van der Waals surface area contributed by atoms with E-state index in [0.717, 1.165) is 12.1 Å². The topological polar surface area (TPSA) is 107 Å². The van der Waals surface area contributed by atoms with Crippen molar-refractivity contribution in [2.45, 2.75) is 19.4 Å². The molecule has 0 spiro atoms. The predicted molar refractivity (Wildman–Crippen MR) is 103 cm³/mol. The van der Waals surface area contributed by atoms with Crippen molar-refractivity contribution in [2.75, 3.05) is 7.11 Å². The molecule has 7 nitrogen and oxygen atoms in total. The molecule has 0 fully saturated rings. The number of ether oxygens (including phenoxy) is 1. The van der Waals surface area contributed by atoms with Crippen LogP contribution in [-0.2, 0) is 19.4 Å². The molecule has 4 rings (SSSR count). The van der Waals surface area contributed by atoms with Crippen LogP contribution in [0.4, 0.5) is 13.2 Å². The van der Waals surface area contributed by atoms with E-state index in [1.165, 1.54) is 13.2 Å². The van der Waals surface area contributed by atoms with Crippen molar-refractivity contribution in [2.24, 2.45) is 0 Å². The van der Waals surface area contributed by atoms with E-state index >= 15 is 0 Å². The van der Waals surface area contributed by atoms with Crippen molar-refractivity contribution < 1.29 is 28.1 Å². The zero-order valence-electron chi connectivity index (χ0n) is 15.7. The largest absolute Gasteiger partial charge is 0.496 e. The Kier molecular flexibility index (Phi) is 4.96. The monoisotopic (exact) mass is 418 g/mol. The molecule has 2 aromatic heterocycles. The molecule has 0 saturated carbocycles. The van der Waals surface area contributed by atoms with E-state index in [9.17, 15) is 23.4 Å². The molecule has 0 saturated heterocycles. The molecule has 156 valence electrons. The number of nitrogens with one attached hydrogen (secondary N) is 2. The molecule has 0 aliphatic carbocycles. The standard InChI is InChI=1S/C20H17F3N4O3/c1-30-18-5-10(4-11(8-28)13(18)9-29)15-7-17(27-26-15)19-24-14-3-2-12(20(21,22)23)6-16(14)25-19/h2-7,28-29H,8-9H2,1H3,(H,24,25)(H,26,27). The van der Waals surface area contributed by atoms with Crippen LogP contribution in [0, 0.1) is 0 Å². The van der Waals surface area contributed by atoms with Crippen LogP contribution in [0.5, 0.6) is 5.75 Å². The fraction of sp³-hybridized carbons (Fsp3) is 0.200. The first-order valence-corrected chi connectivity index (χ1v) is 8.88. The minimum absolute atomic E-state index is 0.257. The number of halogens is 3. The summed E-state index contributed by atoms with van der Waals surface area (Å²) < 4.78 is 44.1. The maximum atomic E-state index is 12.9. The summed E-state index contributed by atoms with van der Waals surface area (Å²) in [6.45, 7) is -0.577. The average molecular weight is 418 g/mol. The normalized spacial score (nSPS) is 11.9. The van der Waals surface area contributed by atoms with Gasteiger partial charge in [0.15, 0.2) is 5.82 Å². The van der Waals surface area contributed by atoms with Gasteiger partial charge in [-0.15, -0.1) is 0 Å². The smallest absolute Gasteiger partial charge is 0.416 e. The van der Waals surface area contributed by atoms with Crippen molar-refractivity contribution in [3.63, 3.8) is 0 Å². The van der Waals surface area contributed by atoms with Gasteiger partial charge in [-0.05, 0) is 42.0 Å². The minimum atomic E-state index is -4.44. The molecule has 0 aliphatic rings. The Morgan fingerprint density at radius 3 is 2.53 bits per heavy atom. The quantitative estimate of drug-likeness (QED) is 0.396. The number of nitrogens with zero attached hydrogens (tertiary/aromatic N) is 2. The lowest BCUT2D eigenvalue weighted by atomic mass is 10.0. The first kappa shape index (κ1) is 19.9. The van der Waals surface area contributed by atoms with Gasteiger partial charge < -0.3 is 19.9 Å². The Bertz CT molecular complexity index is 1190. The van der Waals surface area contributed by atoms with Crippen LogP contribution in [-0.4, -0.2) is 37.5 Å². The highest BCUT2D eigenvalue weighted by Gasteiger charge is 2.30. The number of fused-ring (bicyclic) bond motifs is 1. The van der Waals surface area contributed by atoms with E-state index in [2.05, 4.69) is 20.2 Å². The first-order valence-electron chi connectivity index (χ1n) is 8.88. The molecule has 0 atom stereocenters. The average Bonchev–Trinajstić information content (AvgIpc) is 3.38. The molecule has 0 bridgehead atoms. The number of rotatable bonds is 5. The van der Waals surface area contributed by atoms with Gasteiger partial charge in [-0.1, -0.05) is 0 Å². The summed E-state index contributed by atoms with van der Waals surface area (Å²) in [7, 11) is 1.46. The third-order valence-corrected chi connectivity index (χ3v) is 4.79. The molecular formula is C20H17F3N4O3. The molecule has 10 heteroatoms. The van der Waals surface area contributed by atoms with Crippen molar-refractivity contribution in [3.8, 4) is 28.5 Å². The molecule has 2 heterocycles. The highest BCUT2D eigenvalue weighted by atomic mass is 19.4. The second kappa shape index (κ2) is 7.47. The van der Waals surface area contributed by atoms with Gasteiger partial charge in [-0.25, -0.2) is 4.98 Å². The molecule has 0 unspecified atom stereocenters. The van der Waals surface area contributed by atoms with Gasteiger partial charge in [0.1, 0.15) is 11.4 Å². The number of aliphatic hydroxyl groups is 2. The Balaban J connectivity index is 1.73. The van der Waals surface area contributed by atoms with Gasteiger partial charge in [0.2, 0.25) is 0 Å². The van der Waals surface area contributed by atoms with E-state index in [-0.39, 0.29) is 18.7 Å². The summed E-state index contributed by atoms with van der Waals surface area (Å²) in [6.07, 6.45) is -4.44. The lowest BCUT2D eigenvalue weighted by Gasteiger charge is -2.12. The Hall–Kier alpha value is -3.37. The van der Waals surface area contributed by atoms with Gasteiger partial charge in [0.05, 0.1) is 42.6 Å². The number of aromatic amines is 2. The summed E-state index contributed by atoms with van der Waals surface area (Å²) in [5.41, 5.74) is 2.49. The Morgan fingerprint density at radius 1 is 1.07 bits per heavy atom. The van der Waals surface area contributed by atoms with Gasteiger partial charge in [0.25, 0.3) is 0 Å². The molecule has 30 heavy (non-hydrogen) atoms. The van der Waals surface area contributed by atoms with E-state index in [1.807, 2.05) is 0 Å². The molecule has 0 radical (unpaired) electrons. The van der Waals surface area contributed by atoms with Crippen LogP contribution in [0.3, 0.4) is 0 Å². The first-order chi connectivity index (χ1) is 14.3. The SMILES string of the molecule is COc1cc(-c2cc(-c3nc4ccc(C(F)(F)F)cc4[nH]3)[nH]n2)cc(CO)c1CO. The number of hydrogen-bond acceptors (Lipinski definition) is 5. The van der Waals surface area contributed by atoms with Crippen LogP contribution in [0.2, 0.25) is 0 Å². The number of imidazole rings is 1. The molecular weight excluding hydrogens is 401 g/mol. The predicted octanol–water partition coefficient (Wildman–Crippen LogP) is 3.63. The summed E-state index contributed by atoms with van der Waals surface area (Å²) >= 11 is 0. The third-order valence-electron chi connectivity index (χ3n) is 4.79. The maximum Gasteiger partial charge on any atom is 0.416 e. The fourth-order valence-corrected chi connectivity index (χ4v) is 3.26. The summed E-state index contributed by atoms with van der Waals surface area (Å²) in [4.78, 5) is 7.19. The van der Waals surface area contributed by atoms with E-state index in [1.54, 1.807) is 18.2 Å². The second-order valence-corrected chi connectivity index (χ2v) is 6.61. The number of H-pyrrole nitrogens is 2. The number of aromatic nitrogens is 4. The molecule has 0 amide bonds. The summed E-state index contributed by atoms with van der Waals surface area (Å²) in [6, 6.07) is 8.34. The van der Waals surface area contributed by atoms with Crippen molar-refractivity contribution in [3.05, 3.63) is 53.1 Å². The van der Waals surface area contributed by atoms with Crippen LogP contribution < -0.4 is 4.74 Å². The highest BCUT2D eigenvalue weighted by Crippen LogP contribution is 2.33. The van der Waals surface area contributed by atoms with Crippen molar-refractivity contribution in [1.82, 2.24) is 20.2 Å². The fourth-order valence-electron chi connectivity index (χ4n) is 3.26. The van der Waals surface area contributed by atoms with E-state index < -0.39 is 11.7 Å². The number of hydrogen-bond donors (Lipinski definition) is 4. The minimum Gasteiger partial charge on any atom is -0.496 e. The van der Waals surface area contributed by atoms with E-state index in [0.29, 0.717) is 45.2 Å². The molecule has 0 aliphatic heterocycles. The third kappa shape index (κ3) is 3.51. The zero-order chi connectivity index (χ0) is 21.5. The lowest BCUT2D eigenvalue weighted by molar-refractivity contribution is -0.137. The second-order valence-electron chi connectivity index (χ2n) is 6.61. The molecule has 4 aromatic rings. The summed E-state index contributed by atoms with van der Waals surface area (Å²) in [5, 5.41) is 26.2. The van der Waals surface area contributed by atoms with E-state index in [4.69, 9.17) is 4.74 Å². The van der Waals surface area contributed by atoms with Gasteiger partial charge in [-0.3, -0.25) is 5.10 Å². The number of methoxy groups -OCH3 is 1. The number of benzene rings is 2. The highest BCUT2D eigenvalue weighted by molar-refractivity contribution is 5.80. The number of alkyl halides is 3. The van der Waals surface area contributed by atoms with Crippen molar-refractivity contribution in [1.29, 1.82) is 0 Å². The van der Waals surface area contributed by atoms with Crippen LogP contribution in [0.25, 0.3) is 33.8 Å². The van der Waals surface area contributed by atoms with Gasteiger partial charge >= 0.3 is 6.18 Å². The van der Waals surface area contributed by atoms with Gasteiger partial charge in [-0.2, -0.15) is 18.3 Å². The van der Waals surface area contributed by atoms with Crippen LogP contribution in [0.1, 0.15) is 16.7 Å². The maximum absolute atomic E-state index is 12.9. The molecule has 2 aromatic carbocycles. The van der Waals surface area contributed by atoms with Crippen LogP contribution >= 0.6 is 0 Å². The lowest BCUT2D eigenvalue weighted by Crippen LogP contribution is -2.04. The van der Waals surface area contributed by atoms with Crippen LogP contribution in [0.15, 0.2) is 36.4 Å². The van der Waals surface area contributed by atoms with Crippen molar-refractivity contribution >= 4 is 11.0 Å².